The molecule has 1 atom stereocenters. The second kappa shape index (κ2) is 8.96. The monoisotopic (exact) mass is 446 g/mol. The van der Waals surface area contributed by atoms with Gasteiger partial charge in [0.2, 0.25) is 0 Å². The molecule has 162 valence electrons. The molecule has 1 aromatic carbocycles. The van der Waals surface area contributed by atoms with Gasteiger partial charge in [0, 0.05) is 12.7 Å². The van der Waals surface area contributed by atoms with E-state index in [-0.39, 0.29) is 11.9 Å². The lowest BCUT2D eigenvalue weighted by Crippen LogP contribution is -2.30. The van der Waals surface area contributed by atoms with E-state index in [1.54, 1.807) is 35.0 Å². The molecule has 1 aliphatic rings. The van der Waals surface area contributed by atoms with E-state index < -0.39 is 0 Å². The summed E-state index contributed by atoms with van der Waals surface area (Å²) >= 11 is 6.14. The van der Waals surface area contributed by atoms with Crippen LogP contribution in [0.1, 0.15) is 47.8 Å². The molecule has 1 unspecified atom stereocenters. The van der Waals surface area contributed by atoms with Gasteiger partial charge in [-0.3, -0.25) is 9.78 Å². The van der Waals surface area contributed by atoms with Crippen LogP contribution >= 0.6 is 11.6 Å². The second-order valence-electron chi connectivity index (χ2n) is 7.87. The smallest absolute Gasteiger partial charge is 0.258 e. The summed E-state index contributed by atoms with van der Waals surface area (Å²) in [6, 6.07) is 17.1. The summed E-state index contributed by atoms with van der Waals surface area (Å²) in [6.45, 7) is 0.921. The number of anilines is 2. The minimum atomic E-state index is -0.304. The van der Waals surface area contributed by atoms with E-state index >= 15 is 0 Å². The van der Waals surface area contributed by atoms with Crippen molar-refractivity contribution in [1.82, 2.24) is 19.6 Å². The Labute approximate surface area is 191 Å². The van der Waals surface area contributed by atoms with Gasteiger partial charge in [-0.25, -0.2) is 9.50 Å². The van der Waals surface area contributed by atoms with Crippen LogP contribution in [0.25, 0.3) is 5.65 Å². The highest BCUT2D eigenvalue weighted by Gasteiger charge is 2.25. The Morgan fingerprint density at radius 2 is 1.91 bits per heavy atom. The Morgan fingerprint density at radius 3 is 2.75 bits per heavy atom. The first kappa shape index (κ1) is 20.5. The lowest BCUT2D eigenvalue weighted by atomic mass is 10.1. The fourth-order valence-corrected chi connectivity index (χ4v) is 4.40. The van der Waals surface area contributed by atoms with Crippen LogP contribution in [0.4, 0.5) is 11.6 Å². The Bertz CT molecular complexity index is 1240. The third-order valence-electron chi connectivity index (χ3n) is 5.74. The van der Waals surface area contributed by atoms with Gasteiger partial charge in [-0.1, -0.05) is 42.6 Å². The van der Waals surface area contributed by atoms with Gasteiger partial charge < -0.3 is 10.2 Å². The number of pyridine rings is 1. The molecule has 32 heavy (non-hydrogen) atoms. The van der Waals surface area contributed by atoms with Crippen LogP contribution in [-0.4, -0.2) is 32.0 Å². The molecule has 5 rings (SSSR count). The first-order valence-corrected chi connectivity index (χ1v) is 11.2. The molecule has 1 fully saturated rings. The van der Waals surface area contributed by atoms with Crippen LogP contribution in [0.15, 0.2) is 67.0 Å². The van der Waals surface area contributed by atoms with Crippen LogP contribution in [-0.2, 0) is 0 Å². The number of benzene rings is 1. The molecule has 4 heterocycles. The maximum absolute atomic E-state index is 12.6. The minimum Gasteiger partial charge on any atom is -0.347 e. The lowest BCUT2D eigenvalue weighted by Gasteiger charge is -2.30. The zero-order valence-electron chi connectivity index (χ0n) is 17.5. The molecular weight excluding hydrogens is 424 g/mol. The summed E-state index contributed by atoms with van der Waals surface area (Å²) < 4.78 is 1.71. The number of halogens is 1. The zero-order chi connectivity index (χ0) is 21.9. The van der Waals surface area contributed by atoms with Crippen molar-refractivity contribution in [3.8, 4) is 0 Å². The maximum atomic E-state index is 12.6. The molecule has 7 nitrogen and oxygen atoms in total. The number of hydrogen-bond acceptors (Lipinski definition) is 5. The molecule has 1 amide bonds. The third-order valence-corrected chi connectivity index (χ3v) is 6.07. The molecule has 8 heteroatoms. The van der Waals surface area contributed by atoms with Crippen molar-refractivity contribution in [2.75, 3.05) is 16.8 Å². The normalized spacial score (nSPS) is 16.7. The van der Waals surface area contributed by atoms with Crippen molar-refractivity contribution in [3.63, 3.8) is 0 Å². The third kappa shape index (κ3) is 4.16. The maximum Gasteiger partial charge on any atom is 0.258 e. The van der Waals surface area contributed by atoms with Gasteiger partial charge in [-0.05, 0) is 49.2 Å². The fourth-order valence-electron chi connectivity index (χ4n) is 4.18. The SMILES string of the molecule is O=C(Nc1cn2nc(N3CCCCCC3c3ccccn3)ccc2n1)c1ccccc1Cl. The molecule has 4 aromatic rings. The number of hydrogen-bond donors (Lipinski definition) is 1. The summed E-state index contributed by atoms with van der Waals surface area (Å²) in [5, 5.41) is 8.02. The number of imidazole rings is 1. The highest BCUT2D eigenvalue weighted by atomic mass is 35.5. The van der Waals surface area contributed by atoms with E-state index in [1.165, 1.54) is 12.8 Å². The first-order valence-electron chi connectivity index (χ1n) is 10.8. The zero-order valence-corrected chi connectivity index (χ0v) is 18.2. The number of carbonyl (C=O) groups is 1. The molecule has 0 spiro atoms. The Morgan fingerprint density at radius 1 is 1.03 bits per heavy atom. The van der Waals surface area contributed by atoms with E-state index in [9.17, 15) is 4.79 Å². The predicted octanol–water partition coefficient (Wildman–Crippen LogP) is 5.15. The topological polar surface area (TPSA) is 75.4 Å². The number of aromatic nitrogens is 4. The number of nitrogens with zero attached hydrogens (tertiary/aromatic N) is 5. The molecule has 0 bridgehead atoms. The van der Waals surface area contributed by atoms with Crippen LogP contribution in [0.5, 0.6) is 0 Å². The average molecular weight is 447 g/mol. The number of carbonyl (C=O) groups excluding carboxylic acids is 1. The molecule has 1 saturated heterocycles. The van der Waals surface area contributed by atoms with Crippen LogP contribution in [0.2, 0.25) is 5.02 Å². The van der Waals surface area contributed by atoms with E-state index in [2.05, 4.69) is 26.3 Å². The van der Waals surface area contributed by atoms with Crippen molar-refractivity contribution >= 4 is 34.8 Å². The average Bonchev–Trinajstić information content (AvgIpc) is 3.05. The van der Waals surface area contributed by atoms with Crippen molar-refractivity contribution in [2.45, 2.75) is 31.7 Å². The minimum absolute atomic E-state index is 0.187. The molecule has 1 aliphatic heterocycles. The molecule has 3 aromatic heterocycles. The number of nitrogens with one attached hydrogen (secondary N) is 1. The largest absolute Gasteiger partial charge is 0.347 e. The summed E-state index contributed by atoms with van der Waals surface area (Å²) in [7, 11) is 0. The first-order chi connectivity index (χ1) is 15.7. The van der Waals surface area contributed by atoms with Gasteiger partial charge in [0.05, 0.1) is 28.5 Å². The van der Waals surface area contributed by atoms with Crippen LogP contribution < -0.4 is 10.2 Å². The number of fused-ring (bicyclic) bond motifs is 1. The standard InChI is InChI=1S/C24H23ClN6O/c25-18-9-4-3-8-17(18)24(32)28-21-16-31-22(27-21)12-13-23(29-31)30-15-7-1-2-11-20(30)19-10-5-6-14-26-19/h3-6,8-10,12-14,16,20H,1-2,7,11,15H2,(H,28,32). The summed E-state index contributed by atoms with van der Waals surface area (Å²) in [5.74, 6) is 0.995. The second-order valence-corrected chi connectivity index (χ2v) is 8.27. The number of rotatable bonds is 4. The van der Waals surface area contributed by atoms with Crippen molar-refractivity contribution in [1.29, 1.82) is 0 Å². The summed E-state index contributed by atoms with van der Waals surface area (Å²) in [4.78, 5) is 24.0. The molecule has 0 radical (unpaired) electrons. The fraction of sp³-hybridized carbons (Fsp3) is 0.250. The van der Waals surface area contributed by atoms with E-state index in [0.29, 0.717) is 22.1 Å². The summed E-state index contributed by atoms with van der Waals surface area (Å²) in [6.07, 6.45) is 8.10. The van der Waals surface area contributed by atoms with Gasteiger partial charge in [0.25, 0.3) is 5.91 Å². The number of amides is 1. The lowest BCUT2D eigenvalue weighted by molar-refractivity contribution is 0.102. The van der Waals surface area contributed by atoms with Gasteiger partial charge in [-0.2, -0.15) is 0 Å². The van der Waals surface area contributed by atoms with Gasteiger partial charge in [0.15, 0.2) is 11.5 Å². The highest BCUT2D eigenvalue weighted by molar-refractivity contribution is 6.34. The highest BCUT2D eigenvalue weighted by Crippen LogP contribution is 2.32. The van der Waals surface area contributed by atoms with Crippen molar-refractivity contribution in [2.24, 2.45) is 0 Å². The van der Waals surface area contributed by atoms with Crippen molar-refractivity contribution < 1.29 is 4.79 Å². The Balaban J connectivity index is 1.43. The molecular formula is C24H23ClN6O. The van der Waals surface area contributed by atoms with Crippen LogP contribution in [0.3, 0.4) is 0 Å². The molecule has 1 N–H and O–H groups in total. The van der Waals surface area contributed by atoms with Crippen molar-refractivity contribution in [3.05, 3.63) is 83.3 Å². The van der Waals surface area contributed by atoms with E-state index in [0.717, 1.165) is 30.9 Å². The van der Waals surface area contributed by atoms with Gasteiger partial charge >= 0.3 is 0 Å². The Kier molecular flexibility index (Phi) is 5.73. The van der Waals surface area contributed by atoms with Gasteiger partial charge in [0.1, 0.15) is 5.82 Å². The molecule has 0 aliphatic carbocycles. The molecule has 0 saturated carbocycles. The van der Waals surface area contributed by atoms with E-state index in [1.807, 2.05) is 30.5 Å². The Hall–Kier alpha value is -3.45. The van der Waals surface area contributed by atoms with Gasteiger partial charge in [-0.15, -0.1) is 5.10 Å². The van der Waals surface area contributed by atoms with E-state index in [4.69, 9.17) is 16.7 Å². The van der Waals surface area contributed by atoms with Crippen LogP contribution in [0, 0.1) is 0 Å². The quantitative estimate of drug-likeness (QED) is 0.469. The summed E-state index contributed by atoms with van der Waals surface area (Å²) in [5.41, 5.74) is 2.13. The predicted molar refractivity (Wildman–Crippen MR) is 125 cm³/mol.